The molecule has 0 aliphatic carbocycles. The summed E-state index contributed by atoms with van der Waals surface area (Å²) in [5.74, 6) is 0.622. The molecule has 1 unspecified atom stereocenters. The van der Waals surface area contributed by atoms with Gasteiger partial charge in [0, 0.05) is 54.4 Å². The number of halogens is 1. The number of carbonyl (C=O) groups excluding carboxylic acids is 1. The molecule has 1 aliphatic rings. The standard InChI is InChI=1S/C30H31FN4O2/c31-24-8-6-22(7-9-24)28(29-5-2-20-37-29)12-17-33-25-13-18-35(19-14-25)27-4-1-3-26(21-27)34-30(36)23-10-15-32-16-11-23/h1-11,15-16,20-21,25,28,33H,12-14,17-19H2,(H,34,36). The number of anilines is 2. The first-order valence-corrected chi connectivity index (χ1v) is 12.7. The second-order valence-electron chi connectivity index (χ2n) is 9.36. The number of carbonyl (C=O) groups is 1. The van der Waals surface area contributed by atoms with E-state index in [-0.39, 0.29) is 17.6 Å². The summed E-state index contributed by atoms with van der Waals surface area (Å²) in [6.07, 6.45) is 7.87. The van der Waals surface area contributed by atoms with Crippen molar-refractivity contribution in [2.75, 3.05) is 29.9 Å². The number of piperidine rings is 1. The van der Waals surface area contributed by atoms with Crippen molar-refractivity contribution in [3.63, 3.8) is 0 Å². The normalized spacial score (nSPS) is 14.9. The molecule has 2 aromatic heterocycles. The highest BCUT2D eigenvalue weighted by atomic mass is 19.1. The largest absolute Gasteiger partial charge is 0.469 e. The van der Waals surface area contributed by atoms with E-state index in [1.807, 2.05) is 42.5 Å². The zero-order valence-corrected chi connectivity index (χ0v) is 20.6. The van der Waals surface area contributed by atoms with Gasteiger partial charge in [-0.15, -0.1) is 0 Å². The van der Waals surface area contributed by atoms with Crippen LogP contribution < -0.4 is 15.5 Å². The van der Waals surface area contributed by atoms with E-state index >= 15 is 0 Å². The minimum absolute atomic E-state index is 0.0910. The summed E-state index contributed by atoms with van der Waals surface area (Å²) >= 11 is 0. The Morgan fingerprint density at radius 3 is 2.54 bits per heavy atom. The molecule has 1 fully saturated rings. The van der Waals surface area contributed by atoms with Gasteiger partial charge in [-0.05, 0) is 86.0 Å². The maximum atomic E-state index is 13.4. The molecule has 1 amide bonds. The van der Waals surface area contributed by atoms with Gasteiger partial charge < -0.3 is 20.0 Å². The van der Waals surface area contributed by atoms with Crippen LogP contribution in [-0.2, 0) is 0 Å². The molecule has 0 bridgehead atoms. The number of hydrogen-bond donors (Lipinski definition) is 2. The number of furan rings is 1. The van der Waals surface area contributed by atoms with E-state index in [0.29, 0.717) is 11.6 Å². The molecular formula is C30H31FN4O2. The molecule has 6 nitrogen and oxygen atoms in total. The Balaban J connectivity index is 1.12. The van der Waals surface area contributed by atoms with E-state index in [0.717, 1.165) is 61.6 Å². The van der Waals surface area contributed by atoms with Gasteiger partial charge in [0.15, 0.2) is 0 Å². The molecular weight excluding hydrogens is 467 g/mol. The van der Waals surface area contributed by atoms with Crippen molar-refractivity contribution in [2.24, 2.45) is 0 Å². The van der Waals surface area contributed by atoms with Crippen LogP contribution in [0, 0.1) is 5.82 Å². The molecule has 0 spiro atoms. The van der Waals surface area contributed by atoms with Crippen molar-refractivity contribution < 1.29 is 13.6 Å². The van der Waals surface area contributed by atoms with Crippen LogP contribution in [0.2, 0.25) is 0 Å². The van der Waals surface area contributed by atoms with Crippen molar-refractivity contribution in [1.82, 2.24) is 10.3 Å². The molecule has 190 valence electrons. The van der Waals surface area contributed by atoms with Crippen molar-refractivity contribution in [2.45, 2.75) is 31.2 Å². The Morgan fingerprint density at radius 2 is 1.81 bits per heavy atom. The van der Waals surface area contributed by atoms with Gasteiger partial charge in [0.1, 0.15) is 11.6 Å². The number of amides is 1. The topological polar surface area (TPSA) is 70.4 Å². The van der Waals surface area contributed by atoms with Gasteiger partial charge in [-0.3, -0.25) is 9.78 Å². The molecule has 0 saturated carbocycles. The summed E-state index contributed by atoms with van der Waals surface area (Å²) in [5.41, 5.74) is 3.54. The first-order chi connectivity index (χ1) is 18.2. The lowest BCUT2D eigenvalue weighted by Crippen LogP contribution is -2.43. The fourth-order valence-corrected chi connectivity index (χ4v) is 4.92. The SMILES string of the molecule is O=C(Nc1cccc(N2CCC(NCCC(c3ccc(F)cc3)c3ccco3)CC2)c1)c1ccncc1. The smallest absolute Gasteiger partial charge is 0.255 e. The zero-order valence-electron chi connectivity index (χ0n) is 20.6. The minimum Gasteiger partial charge on any atom is -0.469 e. The summed E-state index contributed by atoms with van der Waals surface area (Å²) in [6.45, 7) is 2.74. The van der Waals surface area contributed by atoms with E-state index in [2.05, 4.69) is 26.6 Å². The highest BCUT2D eigenvalue weighted by molar-refractivity contribution is 6.04. The molecule has 0 radical (unpaired) electrons. The van der Waals surface area contributed by atoms with Crippen molar-refractivity contribution >= 4 is 17.3 Å². The fraction of sp³-hybridized carbons (Fsp3) is 0.267. The molecule has 5 rings (SSSR count). The molecule has 7 heteroatoms. The minimum atomic E-state index is -0.228. The molecule has 1 atom stereocenters. The van der Waals surface area contributed by atoms with Gasteiger partial charge in [0.2, 0.25) is 0 Å². The van der Waals surface area contributed by atoms with Crippen molar-refractivity contribution in [1.29, 1.82) is 0 Å². The van der Waals surface area contributed by atoms with E-state index in [4.69, 9.17) is 4.42 Å². The third-order valence-corrected chi connectivity index (χ3v) is 6.93. The van der Waals surface area contributed by atoms with Crippen LogP contribution in [0.4, 0.5) is 15.8 Å². The number of aromatic nitrogens is 1. The van der Waals surface area contributed by atoms with Gasteiger partial charge >= 0.3 is 0 Å². The van der Waals surface area contributed by atoms with Crippen LogP contribution in [0.5, 0.6) is 0 Å². The lowest BCUT2D eigenvalue weighted by Gasteiger charge is -2.34. The molecule has 2 aromatic carbocycles. The average molecular weight is 499 g/mol. The van der Waals surface area contributed by atoms with Crippen LogP contribution in [-0.4, -0.2) is 36.6 Å². The Bertz CT molecular complexity index is 1270. The Hall–Kier alpha value is -3.97. The van der Waals surface area contributed by atoms with Crippen LogP contribution in [0.3, 0.4) is 0 Å². The molecule has 2 N–H and O–H groups in total. The number of nitrogens with one attached hydrogen (secondary N) is 2. The summed E-state index contributed by atoms with van der Waals surface area (Å²) in [4.78, 5) is 18.8. The average Bonchev–Trinajstić information content (AvgIpc) is 3.48. The van der Waals surface area contributed by atoms with Gasteiger partial charge in [-0.25, -0.2) is 4.39 Å². The summed E-state index contributed by atoms with van der Waals surface area (Å²) in [6, 6.07) is 22.4. The van der Waals surface area contributed by atoms with Crippen LogP contribution in [0.1, 0.15) is 46.9 Å². The Labute approximate surface area is 216 Å². The molecule has 3 heterocycles. The maximum Gasteiger partial charge on any atom is 0.255 e. The molecule has 4 aromatic rings. The van der Waals surface area contributed by atoms with Gasteiger partial charge in [0.25, 0.3) is 5.91 Å². The van der Waals surface area contributed by atoms with Crippen LogP contribution in [0.15, 0.2) is 95.9 Å². The monoisotopic (exact) mass is 498 g/mol. The highest BCUT2D eigenvalue weighted by Gasteiger charge is 2.21. The Kier molecular flexibility index (Phi) is 7.91. The molecule has 1 saturated heterocycles. The molecule has 37 heavy (non-hydrogen) atoms. The van der Waals surface area contributed by atoms with Gasteiger partial charge in [-0.1, -0.05) is 18.2 Å². The van der Waals surface area contributed by atoms with E-state index in [1.54, 1.807) is 30.8 Å². The van der Waals surface area contributed by atoms with Crippen LogP contribution in [0.25, 0.3) is 0 Å². The quantitative estimate of drug-likeness (QED) is 0.303. The van der Waals surface area contributed by atoms with Crippen LogP contribution >= 0.6 is 0 Å². The Morgan fingerprint density at radius 1 is 1.03 bits per heavy atom. The number of nitrogens with zero attached hydrogens (tertiary/aromatic N) is 2. The fourth-order valence-electron chi connectivity index (χ4n) is 4.92. The third kappa shape index (κ3) is 6.43. The predicted octanol–water partition coefficient (Wildman–Crippen LogP) is 5.85. The summed E-state index contributed by atoms with van der Waals surface area (Å²) < 4.78 is 19.1. The highest BCUT2D eigenvalue weighted by Crippen LogP contribution is 2.29. The first-order valence-electron chi connectivity index (χ1n) is 12.7. The third-order valence-electron chi connectivity index (χ3n) is 6.93. The number of rotatable bonds is 9. The number of hydrogen-bond acceptors (Lipinski definition) is 5. The first kappa shape index (κ1) is 24.7. The zero-order chi connectivity index (χ0) is 25.5. The lowest BCUT2D eigenvalue weighted by atomic mass is 9.93. The second kappa shape index (κ2) is 11.8. The van der Waals surface area contributed by atoms with Crippen molar-refractivity contribution in [3.8, 4) is 0 Å². The summed E-state index contributed by atoms with van der Waals surface area (Å²) in [5, 5.41) is 6.70. The maximum absolute atomic E-state index is 13.4. The van der Waals surface area contributed by atoms with Gasteiger partial charge in [0.05, 0.1) is 6.26 Å². The second-order valence-corrected chi connectivity index (χ2v) is 9.36. The van der Waals surface area contributed by atoms with E-state index in [9.17, 15) is 9.18 Å². The predicted molar refractivity (Wildman–Crippen MR) is 143 cm³/mol. The molecule has 1 aliphatic heterocycles. The number of pyridine rings is 1. The summed E-state index contributed by atoms with van der Waals surface area (Å²) in [7, 11) is 0. The van der Waals surface area contributed by atoms with E-state index < -0.39 is 0 Å². The van der Waals surface area contributed by atoms with Gasteiger partial charge in [-0.2, -0.15) is 0 Å². The lowest BCUT2D eigenvalue weighted by molar-refractivity contribution is 0.102. The van der Waals surface area contributed by atoms with Crippen molar-refractivity contribution in [3.05, 3.63) is 114 Å². The van der Waals surface area contributed by atoms with E-state index in [1.165, 1.54) is 12.1 Å². The number of benzene rings is 2.